The van der Waals surface area contributed by atoms with Crippen LogP contribution in [0.15, 0.2) is 12.1 Å². The van der Waals surface area contributed by atoms with Crippen LogP contribution in [0.1, 0.15) is 0 Å². The normalized spacial score (nSPS) is 8.67. The Morgan fingerprint density at radius 3 is 2.25 bits per heavy atom. The molecule has 0 atom stereocenters. The van der Waals surface area contributed by atoms with Gasteiger partial charge in [-0.1, -0.05) is 0 Å². The van der Waals surface area contributed by atoms with Gasteiger partial charge in [-0.3, -0.25) is 0 Å². The third-order valence-electron chi connectivity index (χ3n) is 1.26. The molecule has 0 fully saturated rings. The van der Waals surface area contributed by atoms with E-state index >= 15 is 0 Å². The van der Waals surface area contributed by atoms with E-state index in [4.69, 9.17) is 21.3 Å². The van der Waals surface area contributed by atoms with Gasteiger partial charge >= 0.3 is 79.2 Å². The van der Waals surface area contributed by atoms with Crippen LogP contribution in [0.5, 0.6) is 0 Å². The fraction of sp³-hybridized carbons (Fsp3) is 0. The Morgan fingerprint density at radius 2 is 1.75 bits per heavy atom. The molecule has 12 heavy (non-hydrogen) atoms. The molecular formula is C6H3Cl3F2Zn. The fourth-order valence-electron chi connectivity index (χ4n) is 0.669. The van der Waals surface area contributed by atoms with E-state index in [9.17, 15) is 8.78 Å². The summed E-state index contributed by atoms with van der Waals surface area (Å²) in [6.45, 7) is 0. The predicted octanol–water partition coefficient (Wildman–Crippen LogP) is 2.90. The van der Waals surface area contributed by atoms with E-state index in [-0.39, 0.29) is 17.4 Å². The van der Waals surface area contributed by atoms with Gasteiger partial charge in [0.15, 0.2) is 0 Å². The number of halogens is 5. The molecule has 1 aromatic rings. The van der Waals surface area contributed by atoms with Crippen LogP contribution < -0.4 is 4.16 Å². The van der Waals surface area contributed by atoms with Crippen LogP contribution in [-0.2, 0) is 16.1 Å². The monoisotopic (exact) mass is 282 g/mol. The molecular weight excluding hydrogens is 282 g/mol. The Hall–Kier alpha value is 0.573. The summed E-state index contributed by atoms with van der Waals surface area (Å²) in [5, 5.41) is -0.196. The zero-order valence-corrected chi connectivity index (χ0v) is 11.1. The average Bonchev–Trinajstić information content (AvgIpc) is 2.01. The molecule has 0 N–H and O–H groups in total. The summed E-state index contributed by atoms with van der Waals surface area (Å²) in [6.07, 6.45) is 0. The predicted molar refractivity (Wildman–Crippen MR) is 44.1 cm³/mol. The molecule has 0 aromatic heterocycles. The van der Waals surface area contributed by atoms with E-state index in [2.05, 4.69) is 0 Å². The van der Waals surface area contributed by atoms with Crippen LogP contribution in [0.25, 0.3) is 0 Å². The van der Waals surface area contributed by atoms with Crippen molar-refractivity contribution in [2.45, 2.75) is 0 Å². The van der Waals surface area contributed by atoms with Gasteiger partial charge in [-0.15, -0.1) is 12.4 Å². The SMILES string of the molecule is Cl.Fc1c(Cl)cc[c]([Zn][Cl])c1F. The zero-order chi connectivity index (χ0) is 8.43. The summed E-state index contributed by atoms with van der Waals surface area (Å²) < 4.78 is 25.7. The van der Waals surface area contributed by atoms with E-state index in [1.54, 1.807) is 0 Å². The molecule has 0 unspecified atom stereocenters. The van der Waals surface area contributed by atoms with Crippen molar-refractivity contribution >= 4 is 37.9 Å². The number of hydrogen-bond acceptors (Lipinski definition) is 0. The molecule has 0 heterocycles. The molecule has 0 saturated heterocycles. The molecule has 0 amide bonds. The summed E-state index contributed by atoms with van der Waals surface area (Å²) in [7, 11) is 5.49. The van der Waals surface area contributed by atoms with Gasteiger partial charge in [-0.25, -0.2) is 0 Å². The van der Waals surface area contributed by atoms with Crippen molar-refractivity contribution in [3.8, 4) is 0 Å². The van der Waals surface area contributed by atoms with E-state index in [0.717, 1.165) is 0 Å². The minimum absolute atomic E-state index is 0. The number of benzene rings is 1. The summed E-state index contributed by atoms with van der Waals surface area (Å²) in [6, 6.07) is 2.76. The molecule has 1 aromatic carbocycles. The fourth-order valence-corrected chi connectivity index (χ4v) is 2.89. The quantitative estimate of drug-likeness (QED) is 0.549. The molecule has 64 valence electrons. The Balaban J connectivity index is 0.00000121. The Kier molecular flexibility index (Phi) is 5.59. The van der Waals surface area contributed by atoms with E-state index in [1.165, 1.54) is 12.1 Å². The van der Waals surface area contributed by atoms with E-state index < -0.39 is 27.8 Å². The van der Waals surface area contributed by atoms with Crippen molar-refractivity contribution in [3.63, 3.8) is 0 Å². The molecule has 0 radical (unpaired) electrons. The molecule has 0 nitrogen and oxygen atoms in total. The first-order valence-electron chi connectivity index (χ1n) is 2.85. The van der Waals surface area contributed by atoms with Crippen molar-refractivity contribution in [2.75, 3.05) is 0 Å². The molecule has 0 spiro atoms. The van der Waals surface area contributed by atoms with Crippen LogP contribution in [0, 0.1) is 11.6 Å². The maximum absolute atomic E-state index is 12.8. The first-order valence-corrected chi connectivity index (χ1v) is 8.61. The summed E-state index contributed by atoms with van der Waals surface area (Å²) in [4.78, 5) is 0. The van der Waals surface area contributed by atoms with Crippen molar-refractivity contribution in [1.82, 2.24) is 0 Å². The number of rotatable bonds is 1. The molecule has 0 aliphatic rings. The third-order valence-corrected chi connectivity index (χ3v) is 4.80. The minimum atomic E-state index is -1.57. The van der Waals surface area contributed by atoms with Crippen LogP contribution in [0.2, 0.25) is 5.02 Å². The van der Waals surface area contributed by atoms with Gasteiger partial charge in [0.2, 0.25) is 0 Å². The van der Waals surface area contributed by atoms with Gasteiger partial charge in [0.25, 0.3) is 0 Å². The second kappa shape index (κ2) is 5.33. The zero-order valence-electron chi connectivity index (χ0n) is 5.78. The van der Waals surface area contributed by atoms with Gasteiger partial charge in [0, 0.05) is 0 Å². The van der Waals surface area contributed by atoms with E-state index in [1.807, 2.05) is 0 Å². The second-order valence-corrected chi connectivity index (χ2v) is 5.92. The Morgan fingerprint density at radius 1 is 1.17 bits per heavy atom. The van der Waals surface area contributed by atoms with Gasteiger partial charge in [0.05, 0.1) is 0 Å². The standard InChI is InChI=1S/C6H2ClF2.2ClH.Zn/c7-4-2-1-3-5(8)6(4)9;;;/h1-2H;2*1H;/q;;;+1/p-1. The van der Waals surface area contributed by atoms with Gasteiger partial charge in [0.1, 0.15) is 0 Å². The van der Waals surface area contributed by atoms with Crippen molar-refractivity contribution < 1.29 is 24.9 Å². The topological polar surface area (TPSA) is 0 Å². The summed E-state index contributed by atoms with van der Waals surface area (Å²) in [5.41, 5.74) is 0. The van der Waals surface area contributed by atoms with Gasteiger partial charge in [-0.05, 0) is 0 Å². The average molecular weight is 285 g/mol. The van der Waals surface area contributed by atoms with Crippen LogP contribution in [-0.4, -0.2) is 0 Å². The second-order valence-electron chi connectivity index (χ2n) is 1.97. The first-order chi connectivity index (χ1) is 5.16. The van der Waals surface area contributed by atoms with E-state index in [0.29, 0.717) is 4.16 Å². The van der Waals surface area contributed by atoms with Gasteiger partial charge < -0.3 is 0 Å². The Bertz CT molecular complexity index is 280. The maximum atomic E-state index is 12.8. The summed E-state index contributed by atoms with van der Waals surface area (Å²) in [5.74, 6) is -1.87. The molecule has 0 aliphatic carbocycles. The van der Waals surface area contributed by atoms with Crippen molar-refractivity contribution in [2.24, 2.45) is 0 Å². The molecule has 6 heteroatoms. The van der Waals surface area contributed by atoms with Crippen LogP contribution in [0.3, 0.4) is 0 Å². The van der Waals surface area contributed by atoms with Crippen LogP contribution >= 0.6 is 33.7 Å². The van der Waals surface area contributed by atoms with Gasteiger partial charge in [-0.2, -0.15) is 0 Å². The van der Waals surface area contributed by atoms with Crippen molar-refractivity contribution in [1.29, 1.82) is 0 Å². The molecule has 0 aliphatic heterocycles. The molecule has 1 rings (SSSR count). The summed E-state index contributed by atoms with van der Waals surface area (Å²) >= 11 is 3.74. The van der Waals surface area contributed by atoms with Crippen molar-refractivity contribution in [3.05, 3.63) is 28.8 Å². The molecule has 0 bridgehead atoms. The third kappa shape index (κ3) is 2.53. The Labute approximate surface area is 91.3 Å². The van der Waals surface area contributed by atoms with Crippen LogP contribution in [0.4, 0.5) is 8.78 Å². The number of hydrogen-bond donors (Lipinski definition) is 0. The molecule has 0 saturated carbocycles. The first kappa shape index (κ1) is 12.6.